The van der Waals surface area contributed by atoms with E-state index in [0.717, 1.165) is 28.0 Å². The first-order chi connectivity index (χ1) is 9.20. The summed E-state index contributed by atoms with van der Waals surface area (Å²) in [6.45, 7) is 0. The van der Waals surface area contributed by atoms with Crippen molar-refractivity contribution in [2.75, 3.05) is 0 Å². The van der Waals surface area contributed by atoms with Crippen LogP contribution in [0.15, 0.2) is 42.5 Å². The zero-order valence-corrected chi connectivity index (χ0v) is 11.9. The maximum absolute atomic E-state index is 6.24. The lowest BCUT2D eigenvalue weighted by atomic mass is 10.1. The number of nitrogens with zero attached hydrogens (tertiary/aromatic N) is 2. The summed E-state index contributed by atoms with van der Waals surface area (Å²) in [7, 11) is 1.98. The van der Waals surface area contributed by atoms with Gasteiger partial charge in [0.15, 0.2) is 0 Å². The van der Waals surface area contributed by atoms with E-state index in [1.807, 2.05) is 48.0 Å². The van der Waals surface area contributed by atoms with Crippen molar-refractivity contribution in [3.63, 3.8) is 0 Å². The lowest BCUT2D eigenvalue weighted by Crippen LogP contribution is -1.93. The van der Waals surface area contributed by atoms with Gasteiger partial charge in [-0.15, -0.1) is 11.6 Å². The Morgan fingerprint density at radius 2 is 1.95 bits per heavy atom. The smallest absolute Gasteiger partial charge is 0.140 e. The average molecular weight is 291 g/mol. The quantitative estimate of drug-likeness (QED) is 0.629. The first-order valence-corrected chi connectivity index (χ1v) is 6.88. The van der Waals surface area contributed by atoms with E-state index in [2.05, 4.69) is 11.1 Å². The van der Waals surface area contributed by atoms with Gasteiger partial charge < -0.3 is 4.57 Å². The number of alkyl halides is 1. The Bertz CT molecular complexity index is 747. The summed E-state index contributed by atoms with van der Waals surface area (Å²) in [6.07, 6.45) is 0. The Kier molecular flexibility index (Phi) is 3.21. The van der Waals surface area contributed by atoms with Gasteiger partial charge in [0.05, 0.1) is 16.1 Å². The zero-order chi connectivity index (χ0) is 13.4. The Hall–Kier alpha value is -1.51. The van der Waals surface area contributed by atoms with Crippen molar-refractivity contribution in [1.29, 1.82) is 0 Å². The number of aromatic nitrogens is 2. The number of benzene rings is 2. The molecule has 0 atom stereocenters. The average Bonchev–Trinajstić information content (AvgIpc) is 2.77. The third-order valence-electron chi connectivity index (χ3n) is 3.18. The van der Waals surface area contributed by atoms with Crippen molar-refractivity contribution in [1.82, 2.24) is 9.55 Å². The number of imidazole rings is 1. The molecule has 0 radical (unpaired) electrons. The highest BCUT2D eigenvalue weighted by Crippen LogP contribution is 2.28. The van der Waals surface area contributed by atoms with E-state index in [4.69, 9.17) is 23.2 Å². The summed E-state index contributed by atoms with van der Waals surface area (Å²) in [5, 5.41) is 0.715. The minimum absolute atomic E-state index is 0.499. The monoisotopic (exact) mass is 290 g/mol. The Labute approximate surface area is 121 Å². The fourth-order valence-corrected chi connectivity index (χ4v) is 2.74. The van der Waals surface area contributed by atoms with E-state index in [1.54, 1.807) is 0 Å². The van der Waals surface area contributed by atoms with Crippen LogP contribution in [0.4, 0.5) is 0 Å². The van der Waals surface area contributed by atoms with Gasteiger partial charge in [-0.2, -0.15) is 0 Å². The molecule has 0 fully saturated rings. The van der Waals surface area contributed by atoms with Gasteiger partial charge in [-0.05, 0) is 23.8 Å². The summed E-state index contributed by atoms with van der Waals surface area (Å²) >= 11 is 12.1. The van der Waals surface area contributed by atoms with Gasteiger partial charge in [-0.1, -0.05) is 35.9 Å². The lowest BCUT2D eigenvalue weighted by Gasteiger charge is -2.04. The van der Waals surface area contributed by atoms with Crippen LogP contribution in [-0.4, -0.2) is 9.55 Å². The van der Waals surface area contributed by atoms with Crippen molar-refractivity contribution in [2.24, 2.45) is 7.05 Å². The summed E-state index contributed by atoms with van der Waals surface area (Å²) < 4.78 is 2.02. The Balaban J connectivity index is 2.25. The van der Waals surface area contributed by atoms with Gasteiger partial charge in [-0.25, -0.2) is 4.98 Å². The fourth-order valence-electron chi connectivity index (χ4n) is 2.27. The molecule has 0 bridgehead atoms. The molecule has 4 heteroatoms. The molecule has 0 saturated heterocycles. The van der Waals surface area contributed by atoms with Crippen LogP contribution in [-0.2, 0) is 12.9 Å². The molecule has 19 heavy (non-hydrogen) atoms. The maximum Gasteiger partial charge on any atom is 0.140 e. The zero-order valence-electron chi connectivity index (χ0n) is 10.4. The highest BCUT2D eigenvalue weighted by molar-refractivity contribution is 6.35. The third-order valence-corrected chi connectivity index (χ3v) is 3.80. The molecule has 3 rings (SSSR count). The molecule has 0 amide bonds. The molecule has 0 aliphatic rings. The molecule has 0 unspecified atom stereocenters. The highest BCUT2D eigenvalue weighted by Gasteiger charge is 2.12. The summed E-state index contributed by atoms with van der Waals surface area (Å²) in [5.74, 6) is 1.40. The van der Waals surface area contributed by atoms with Crippen molar-refractivity contribution < 1.29 is 0 Å². The number of fused-ring (bicyclic) bond motifs is 1. The standard InChI is InChI=1S/C15H12Cl2N2/c1-19-14-12(17)6-3-7-13(14)18-15(19)11-5-2-4-10(8-11)9-16/h2-8H,9H2,1H3. The molecule has 0 N–H and O–H groups in total. The summed E-state index contributed by atoms with van der Waals surface area (Å²) in [6, 6.07) is 13.9. The van der Waals surface area contributed by atoms with Gasteiger partial charge in [0.1, 0.15) is 5.82 Å². The first kappa shape index (κ1) is 12.5. The Morgan fingerprint density at radius 3 is 2.68 bits per heavy atom. The summed E-state index contributed by atoms with van der Waals surface area (Å²) in [5.41, 5.74) is 3.99. The minimum Gasteiger partial charge on any atom is -0.326 e. The molecule has 1 heterocycles. The molecule has 0 aliphatic heterocycles. The van der Waals surface area contributed by atoms with Crippen LogP contribution in [0, 0.1) is 0 Å². The van der Waals surface area contributed by atoms with Crippen LogP contribution in [0.1, 0.15) is 5.56 Å². The minimum atomic E-state index is 0.499. The molecule has 96 valence electrons. The summed E-state index contributed by atoms with van der Waals surface area (Å²) in [4.78, 5) is 4.65. The second-order valence-electron chi connectivity index (χ2n) is 4.44. The van der Waals surface area contributed by atoms with E-state index in [-0.39, 0.29) is 0 Å². The van der Waals surface area contributed by atoms with E-state index in [9.17, 15) is 0 Å². The van der Waals surface area contributed by atoms with Gasteiger partial charge in [0.2, 0.25) is 0 Å². The lowest BCUT2D eigenvalue weighted by molar-refractivity contribution is 0.959. The predicted molar refractivity (Wildman–Crippen MR) is 80.7 cm³/mol. The predicted octanol–water partition coefficient (Wildman–Crippen LogP) is 4.63. The SMILES string of the molecule is Cn1c(-c2cccc(CCl)c2)nc2cccc(Cl)c21. The second kappa shape index (κ2) is 4.87. The van der Waals surface area contributed by atoms with E-state index in [1.165, 1.54) is 0 Å². The molecule has 2 aromatic carbocycles. The van der Waals surface area contributed by atoms with Crippen molar-refractivity contribution in [2.45, 2.75) is 5.88 Å². The Morgan fingerprint density at radius 1 is 1.16 bits per heavy atom. The molecular weight excluding hydrogens is 279 g/mol. The van der Waals surface area contributed by atoms with Crippen molar-refractivity contribution in [3.05, 3.63) is 53.1 Å². The van der Waals surface area contributed by atoms with Crippen LogP contribution in [0.3, 0.4) is 0 Å². The normalized spacial score (nSPS) is 11.1. The van der Waals surface area contributed by atoms with Gasteiger partial charge in [0.25, 0.3) is 0 Å². The molecule has 2 nitrogen and oxygen atoms in total. The van der Waals surface area contributed by atoms with E-state index < -0.39 is 0 Å². The maximum atomic E-state index is 6.24. The highest BCUT2D eigenvalue weighted by atomic mass is 35.5. The van der Waals surface area contributed by atoms with Crippen LogP contribution in [0.5, 0.6) is 0 Å². The van der Waals surface area contributed by atoms with Gasteiger partial charge in [-0.3, -0.25) is 0 Å². The molecular formula is C15H12Cl2N2. The molecule has 0 saturated carbocycles. The first-order valence-electron chi connectivity index (χ1n) is 5.97. The number of halogens is 2. The topological polar surface area (TPSA) is 17.8 Å². The number of aryl methyl sites for hydroxylation is 1. The van der Waals surface area contributed by atoms with E-state index in [0.29, 0.717) is 10.9 Å². The van der Waals surface area contributed by atoms with Crippen LogP contribution < -0.4 is 0 Å². The second-order valence-corrected chi connectivity index (χ2v) is 5.11. The molecule has 3 aromatic rings. The van der Waals surface area contributed by atoms with E-state index >= 15 is 0 Å². The number of rotatable bonds is 2. The molecule has 1 aromatic heterocycles. The fraction of sp³-hybridized carbons (Fsp3) is 0.133. The largest absolute Gasteiger partial charge is 0.326 e. The van der Waals surface area contributed by atoms with Crippen molar-refractivity contribution >= 4 is 34.2 Å². The molecule has 0 aliphatic carbocycles. The number of para-hydroxylation sites is 1. The van der Waals surface area contributed by atoms with Gasteiger partial charge in [0, 0.05) is 18.5 Å². The number of hydrogen-bond donors (Lipinski definition) is 0. The van der Waals surface area contributed by atoms with Crippen LogP contribution >= 0.6 is 23.2 Å². The third kappa shape index (κ3) is 2.11. The number of hydrogen-bond acceptors (Lipinski definition) is 1. The van der Waals surface area contributed by atoms with Crippen LogP contribution in [0.25, 0.3) is 22.4 Å². The van der Waals surface area contributed by atoms with Crippen LogP contribution in [0.2, 0.25) is 5.02 Å². The molecule has 0 spiro atoms. The van der Waals surface area contributed by atoms with Gasteiger partial charge >= 0.3 is 0 Å². The van der Waals surface area contributed by atoms with Crippen molar-refractivity contribution in [3.8, 4) is 11.4 Å².